The fraction of sp³-hybridized carbons (Fsp3) is 0.650. The van der Waals surface area contributed by atoms with Gasteiger partial charge in [0.2, 0.25) is 5.91 Å². The first-order chi connectivity index (χ1) is 13.3. The molecule has 0 aromatic carbocycles. The Morgan fingerprint density at radius 2 is 1.96 bits per heavy atom. The molecule has 2 amide bonds. The average molecular weight is 393 g/mol. The Hall–Kier alpha value is -2.35. The first-order valence-electron chi connectivity index (χ1n) is 9.86. The van der Waals surface area contributed by atoms with Crippen molar-refractivity contribution in [3.05, 3.63) is 23.9 Å². The second-order valence-corrected chi connectivity index (χ2v) is 7.49. The number of hydrogen-bond acceptors (Lipinski definition) is 6. The minimum atomic E-state index is -0.650. The van der Waals surface area contributed by atoms with E-state index in [9.17, 15) is 9.59 Å². The van der Waals surface area contributed by atoms with Crippen LogP contribution in [0.2, 0.25) is 0 Å². The number of nitrogens with zero attached hydrogens (tertiary/aromatic N) is 2. The predicted molar refractivity (Wildman–Crippen MR) is 107 cm³/mol. The first kappa shape index (κ1) is 21.9. The summed E-state index contributed by atoms with van der Waals surface area (Å²) in [5, 5.41) is 5.46. The Labute approximate surface area is 167 Å². The molecule has 0 spiro atoms. The number of amides is 2. The first-order valence-corrected chi connectivity index (χ1v) is 9.86. The van der Waals surface area contributed by atoms with Crippen LogP contribution in [0.15, 0.2) is 18.3 Å². The topological polar surface area (TPSA) is 92.8 Å². The average Bonchev–Trinajstić information content (AvgIpc) is 2.64. The maximum atomic E-state index is 12.5. The van der Waals surface area contributed by atoms with Crippen LogP contribution in [0.4, 0.5) is 10.6 Å². The molecule has 0 radical (unpaired) electrons. The van der Waals surface area contributed by atoms with Crippen LogP contribution in [-0.4, -0.2) is 54.9 Å². The van der Waals surface area contributed by atoms with Crippen LogP contribution < -0.4 is 15.5 Å². The van der Waals surface area contributed by atoms with Gasteiger partial charge in [0.1, 0.15) is 11.9 Å². The van der Waals surface area contributed by atoms with Gasteiger partial charge in [0.05, 0.1) is 18.8 Å². The van der Waals surface area contributed by atoms with Crippen molar-refractivity contribution in [1.29, 1.82) is 0 Å². The van der Waals surface area contributed by atoms with Crippen LogP contribution in [-0.2, 0) is 20.8 Å². The highest BCUT2D eigenvalue weighted by Crippen LogP contribution is 2.18. The summed E-state index contributed by atoms with van der Waals surface area (Å²) in [4.78, 5) is 30.8. The van der Waals surface area contributed by atoms with Crippen LogP contribution in [0, 0.1) is 5.92 Å². The maximum absolute atomic E-state index is 12.5. The molecule has 0 aliphatic carbocycles. The van der Waals surface area contributed by atoms with E-state index in [0.717, 1.165) is 24.5 Å². The molecule has 1 aliphatic rings. The molecular formula is C20H32N4O4. The Morgan fingerprint density at radius 3 is 2.50 bits per heavy atom. The lowest BCUT2D eigenvalue weighted by molar-refractivity contribution is -0.124. The van der Waals surface area contributed by atoms with Crippen LogP contribution in [0.3, 0.4) is 0 Å². The molecule has 3 atom stereocenters. The molecular weight excluding hydrogens is 360 g/mol. The molecule has 8 heteroatoms. The molecule has 2 N–H and O–H groups in total. The molecule has 1 aliphatic heterocycles. The highest BCUT2D eigenvalue weighted by molar-refractivity contribution is 5.85. The molecule has 1 saturated heterocycles. The van der Waals surface area contributed by atoms with Gasteiger partial charge in [-0.15, -0.1) is 0 Å². The van der Waals surface area contributed by atoms with Gasteiger partial charge in [0.15, 0.2) is 0 Å². The third-order valence-corrected chi connectivity index (χ3v) is 4.52. The molecule has 2 heterocycles. The van der Waals surface area contributed by atoms with Crippen molar-refractivity contribution in [2.45, 2.75) is 59.4 Å². The van der Waals surface area contributed by atoms with Crippen LogP contribution in [0.5, 0.6) is 0 Å². The minimum absolute atomic E-state index is 0.0600. The lowest BCUT2D eigenvalue weighted by Crippen LogP contribution is -2.49. The second kappa shape index (κ2) is 10.3. The van der Waals surface area contributed by atoms with Crippen molar-refractivity contribution in [3.8, 4) is 0 Å². The Bertz CT molecular complexity index is 640. The Kier molecular flexibility index (Phi) is 8.04. The predicted octanol–water partition coefficient (Wildman–Crippen LogP) is 2.08. The van der Waals surface area contributed by atoms with Crippen molar-refractivity contribution in [3.63, 3.8) is 0 Å². The summed E-state index contributed by atoms with van der Waals surface area (Å²) in [6, 6.07) is 3.27. The number of pyridine rings is 1. The summed E-state index contributed by atoms with van der Waals surface area (Å²) in [6.07, 6.45) is 1.52. The van der Waals surface area contributed by atoms with Crippen LogP contribution >= 0.6 is 0 Å². The molecule has 3 unspecified atom stereocenters. The number of hydrogen-bond donors (Lipinski definition) is 2. The molecule has 8 nitrogen and oxygen atoms in total. The SMILES string of the molecule is CCOC(=O)NC(C(=O)NCc1ccc(N2CC(C)OC(C)C2)nc1)C(C)C. The third-order valence-electron chi connectivity index (χ3n) is 4.52. The number of nitrogens with one attached hydrogen (secondary N) is 2. The number of ether oxygens (including phenoxy) is 2. The highest BCUT2D eigenvalue weighted by atomic mass is 16.5. The minimum Gasteiger partial charge on any atom is -0.450 e. The number of alkyl carbamates (subject to hydrolysis) is 1. The van der Waals surface area contributed by atoms with E-state index < -0.39 is 12.1 Å². The summed E-state index contributed by atoms with van der Waals surface area (Å²) in [6.45, 7) is 11.8. The lowest BCUT2D eigenvalue weighted by Gasteiger charge is -2.36. The van der Waals surface area contributed by atoms with Gasteiger partial charge in [-0.1, -0.05) is 19.9 Å². The van der Waals surface area contributed by atoms with Crippen LogP contribution in [0.25, 0.3) is 0 Å². The van der Waals surface area contributed by atoms with Gasteiger partial charge in [-0.05, 0) is 38.3 Å². The summed E-state index contributed by atoms with van der Waals surface area (Å²) in [7, 11) is 0. The smallest absolute Gasteiger partial charge is 0.407 e. The zero-order valence-corrected chi connectivity index (χ0v) is 17.4. The number of anilines is 1. The van der Waals surface area contributed by atoms with Crippen molar-refractivity contribution >= 4 is 17.8 Å². The van der Waals surface area contributed by atoms with E-state index >= 15 is 0 Å². The van der Waals surface area contributed by atoms with E-state index in [1.165, 1.54) is 0 Å². The molecule has 1 aromatic heterocycles. The zero-order chi connectivity index (χ0) is 20.7. The van der Waals surface area contributed by atoms with Crippen molar-refractivity contribution < 1.29 is 19.1 Å². The number of rotatable bonds is 7. The monoisotopic (exact) mass is 392 g/mol. The number of morpholine rings is 1. The van der Waals surface area contributed by atoms with E-state index in [1.54, 1.807) is 13.1 Å². The summed E-state index contributed by atoms with van der Waals surface area (Å²) >= 11 is 0. The van der Waals surface area contributed by atoms with E-state index in [4.69, 9.17) is 9.47 Å². The van der Waals surface area contributed by atoms with Crippen molar-refractivity contribution in [1.82, 2.24) is 15.6 Å². The third kappa shape index (κ3) is 6.37. The summed E-state index contributed by atoms with van der Waals surface area (Å²) in [5.41, 5.74) is 0.894. The Morgan fingerprint density at radius 1 is 1.29 bits per heavy atom. The molecule has 156 valence electrons. The summed E-state index contributed by atoms with van der Waals surface area (Å²) < 4.78 is 10.6. The van der Waals surface area contributed by atoms with Crippen molar-refractivity contribution in [2.24, 2.45) is 5.92 Å². The molecule has 1 aromatic rings. The molecule has 0 saturated carbocycles. The highest BCUT2D eigenvalue weighted by Gasteiger charge is 2.25. The van der Waals surface area contributed by atoms with E-state index in [0.29, 0.717) is 6.54 Å². The van der Waals surface area contributed by atoms with Crippen LogP contribution in [0.1, 0.15) is 40.2 Å². The molecule has 1 fully saturated rings. The number of aromatic nitrogens is 1. The van der Waals surface area contributed by atoms with Gasteiger partial charge in [0.25, 0.3) is 0 Å². The molecule has 2 rings (SSSR count). The Balaban J connectivity index is 1.90. The lowest BCUT2D eigenvalue weighted by atomic mass is 10.0. The van der Waals surface area contributed by atoms with E-state index in [2.05, 4.69) is 34.4 Å². The van der Waals surface area contributed by atoms with Crippen molar-refractivity contribution in [2.75, 3.05) is 24.6 Å². The van der Waals surface area contributed by atoms with E-state index in [1.807, 2.05) is 26.0 Å². The van der Waals surface area contributed by atoms with Gasteiger partial charge >= 0.3 is 6.09 Å². The number of carbonyl (C=O) groups is 2. The van der Waals surface area contributed by atoms with Gasteiger partial charge < -0.3 is 25.0 Å². The largest absolute Gasteiger partial charge is 0.450 e. The maximum Gasteiger partial charge on any atom is 0.407 e. The zero-order valence-electron chi connectivity index (χ0n) is 17.4. The fourth-order valence-corrected chi connectivity index (χ4v) is 3.21. The molecule has 28 heavy (non-hydrogen) atoms. The van der Waals surface area contributed by atoms with Gasteiger partial charge in [-0.2, -0.15) is 0 Å². The second-order valence-electron chi connectivity index (χ2n) is 7.49. The number of carbonyl (C=O) groups excluding carboxylic acids is 2. The van der Waals surface area contributed by atoms with E-state index in [-0.39, 0.29) is 30.6 Å². The van der Waals surface area contributed by atoms with Gasteiger partial charge in [-0.25, -0.2) is 9.78 Å². The summed E-state index contributed by atoms with van der Waals surface area (Å²) in [5.74, 6) is 0.597. The quantitative estimate of drug-likeness (QED) is 0.738. The standard InChI is InChI=1S/C20H32N4O4/c1-6-27-20(26)23-18(13(2)3)19(25)22-10-16-7-8-17(21-9-16)24-11-14(4)28-15(5)12-24/h7-9,13-15,18H,6,10-12H2,1-5H3,(H,22,25)(H,23,26). The normalized spacial score (nSPS) is 20.6. The fourth-order valence-electron chi connectivity index (χ4n) is 3.21. The van der Waals surface area contributed by atoms with Gasteiger partial charge in [0, 0.05) is 25.8 Å². The molecule has 0 bridgehead atoms. The van der Waals surface area contributed by atoms with Gasteiger partial charge in [-0.3, -0.25) is 4.79 Å².